The van der Waals surface area contributed by atoms with Gasteiger partial charge in [0.15, 0.2) is 6.10 Å². The molecule has 0 amide bonds. The van der Waals surface area contributed by atoms with Crippen molar-refractivity contribution in [2.45, 2.75) is 25.1 Å². The van der Waals surface area contributed by atoms with Gasteiger partial charge in [-0.15, -0.1) is 0 Å². The minimum atomic E-state index is -4.93. The van der Waals surface area contributed by atoms with Crippen LogP contribution in [-0.2, 0) is 0 Å². The smallest absolute Gasteiger partial charge is 0.383 e. The lowest BCUT2D eigenvalue weighted by Crippen LogP contribution is -2.30. The van der Waals surface area contributed by atoms with E-state index in [1.807, 2.05) is 0 Å². The predicted molar refractivity (Wildman–Crippen MR) is 22.7 cm³/mol. The van der Waals surface area contributed by atoms with Gasteiger partial charge in [0.25, 0.3) is 0 Å². The molecule has 0 aromatic rings. The highest BCUT2D eigenvalue weighted by Gasteiger charge is 2.39. The van der Waals surface area contributed by atoms with Crippen LogP contribution in [0.1, 0.15) is 6.42 Å². The molecular formula is C4H5F5O. The summed E-state index contributed by atoms with van der Waals surface area (Å²) in [7, 11) is 0. The van der Waals surface area contributed by atoms with E-state index in [1.165, 1.54) is 0 Å². The second kappa shape index (κ2) is 3.14. The zero-order valence-electron chi connectivity index (χ0n) is 4.70. The summed E-state index contributed by atoms with van der Waals surface area (Å²) in [6.07, 6.45) is -12.5. The van der Waals surface area contributed by atoms with E-state index in [0.717, 1.165) is 0 Å². The molecule has 0 aliphatic carbocycles. The molecule has 1 nitrogen and oxygen atoms in total. The summed E-state index contributed by atoms with van der Waals surface area (Å²) in [5.41, 5.74) is 0. The highest BCUT2D eigenvalue weighted by molar-refractivity contribution is 4.65. The zero-order chi connectivity index (χ0) is 8.36. The SMILES string of the molecule is OC(CC(F)F)C(F)(F)F. The monoisotopic (exact) mass is 164 g/mol. The maximum absolute atomic E-state index is 11.2. The number of alkyl halides is 5. The molecule has 62 valence electrons. The molecule has 6 heteroatoms. The lowest BCUT2D eigenvalue weighted by Gasteiger charge is -2.12. The normalized spacial score (nSPS) is 15.9. The highest BCUT2D eigenvalue weighted by atomic mass is 19.4. The van der Waals surface area contributed by atoms with Crippen molar-refractivity contribution in [3.05, 3.63) is 0 Å². The summed E-state index contributed by atoms with van der Waals surface area (Å²) < 4.78 is 56.0. The largest absolute Gasteiger partial charge is 0.414 e. The number of aliphatic hydroxyl groups is 1. The Morgan fingerprint density at radius 1 is 1.20 bits per heavy atom. The predicted octanol–water partition coefficient (Wildman–Crippen LogP) is 1.56. The van der Waals surface area contributed by atoms with Crippen LogP contribution in [0.2, 0.25) is 0 Å². The second-order valence-electron chi connectivity index (χ2n) is 1.68. The van der Waals surface area contributed by atoms with Crippen molar-refractivity contribution in [2.75, 3.05) is 0 Å². The van der Waals surface area contributed by atoms with Gasteiger partial charge in [0.1, 0.15) is 0 Å². The van der Waals surface area contributed by atoms with Crippen molar-refractivity contribution >= 4 is 0 Å². The first-order chi connectivity index (χ1) is 4.34. The summed E-state index contributed by atoms with van der Waals surface area (Å²) >= 11 is 0. The van der Waals surface area contributed by atoms with E-state index in [-0.39, 0.29) is 0 Å². The summed E-state index contributed by atoms with van der Waals surface area (Å²) in [6.45, 7) is 0. The van der Waals surface area contributed by atoms with Crippen molar-refractivity contribution in [1.82, 2.24) is 0 Å². The van der Waals surface area contributed by atoms with E-state index >= 15 is 0 Å². The molecule has 0 radical (unpaired) electrons. The lowest BCUT2D eigenvalue weighted by atomic mass is 10.2. The van der Waals surface area contributed by atoms with Crippen molar-refractivity contribution < 1.29 is 27.1 Å². The number of hydrogen-bond acceptors (Lipinski definition) is 1. The lowest BCUT2D eigenvalue weighted by molar-refractivity contribution is -0.212. The first-order valence-corrected chi connectivity index (χ1v) is 2.37. The number of hydrogen-bond donors (Lipinski definition) is 1. The van der Waals surface area contributed by atoms with Gasteiger partial charge < -0.3 is 5.11 Å². The molecular weight excluding hydrogens is 159 g/mol. The third-order valence-corrected chi connectivity index (χ3v) is 0.779. The number of aliphatic hydroxyl groups excluding tert-OH is 1. The van der Waals surface area contributed by atoms with Crippen LogP contribution in [0.5, 0.6) is 0 Å². The van der Waals surface area contributed by atoms with E-state index in [9.17, 15) is 22.0 Å². The fourth-order valence-corrected chi connectivity index (χ4v) is 0.302. The molecule has 10 heavy (non-hydrogen) atoms. The van der Waals surface area contributed by atoms with Gasteiger partial charge in [-0.2, -0.15) is 13.2 Å². The first-order valence-electron chi connectivity index (χ1n) is 2.37. The van der Waals surface area contributed by atoms with Gasteiger partial charge in [-0.05, 0) is 0 Å². The Morgan fingerprint density at radius 3 is 1.70 bits per heavy atom. The molecule has 0 fully saturated rings. The van der Waals surface area contributed by atoms with Crippen LogP contribution in [0.15, 0.2) is 0 Å². The van der Waals surface area contributed by atoms with Gasteiger partial charge in [-0.3, -0.25) is 0 Å². The standard InChI is InChI=1S/C4H5F5O/c5-3(6)1-2(10)4(7,8)9/h2-3,10H,1H2. The van der Waals surface area contributed by atoms with Gasteiger partial charge in [-0.25, -0.2) is 8.78 Å². The maximum atomic E-state index is 11.2. The van der Waals surface area contributed by atoms with Crippen LogP contribution in [0.4, 0.5) is 22.0 Å². The van der Waals surface area contributed by atoms with Crippen LogP contribution >= 0.6 is 0 Å². The molecule has 0 aliphatic rings. The molecule has 1 atom stereocenters. The van der Waals surface area contributed by atoms with Gasteiger partial charge in [0.05, 0.1) is 0 Å². The van der Waals surface area contributed by atoms with Crippen molar-refractivity contribution in [2.24, 2.45) is 0 Å². The molecule has 0 aromatic carbocycles. The summed E-state index contributed by atoms with van der Waals surface area (Å²) in [4.78, 5) is 0. The maximum Gasteiger partial charge on any atom is 0.414 e. The third-order valence-electron chi connectivity index (χ3n) is 0.779. The van der Waals surface area contributed by atoms with Gasteiger partial charge in [0.2, 0.25) is 6.43 Å². The Morgan fingerprint density at radius 2 is 1.60 bits per heavy atom. The summed E-state index contributed by atoms with van der Waals surface area (Å²) in [5, 5.41) is 7.95. The van der Waals surface area contributed by atoms with Gasteiger partial charge in [-0.1, -0.05) is 0 Å². The first kappa shape index (κ1) is 9.61. The minimum absolute atomic E-state index is 1.55. The molecule has 0 aliphatic heterocycles. The van der Waals surface area contributed by atoms with Crippen LogP contribution in [0, 0.1) is 0 Å². The van der Waals surface area contributed by atoms with Crippen LogP contribution in [0.25, 0.3) is 0 Å². The Labute approximate surface area is 53.5 Å². The van der Waals surface area contributed by atoms with Gasteiger partial charge in [0, 0.05) is 6.42 Å². The second-order valence-corrected chi connectivity index (χ2v) is 1.68. The van der Waals surface area contributed by atoms with E-state index in [1.54, 1.807) is 0 Å². The zero-order valence-corrected chi connectivity index (χ0v) is 4.70. The number of halogens is 5. The molecule has 0 bridgehead atoms. The Bertz CT molecular complexity index is 98.3. The number of rotatable bonds is 2. The summed E-state index contributed by atoms with van der Waals surface area (Å²) in [6, 6.07) is 0. The molecule has 0 spiro atoms. The molecule has 0 heterocycles. The molecule has 0 saturated heterocycles. The molecule has 0 rings (SSSR count). The van der Waals surface area contributed by atoms with Crippen molar-refractivity contribution in [3.63, 3.8) is 0 Å². The average molecular weight is 164 g/mol. The Hall–Kier alpha value is -0.390. The Balaban J connectivity index is 3.73. The van der Waals surface area contributed by atoms with Gasteiger partial charge >= 0.3 is 6.18 Å². The molecule has 0 saturated carbocycles. The fraction of sp³-hybridized carbons (Fsp3) is 1.00. The van der Waals surface area contributed by atoms with E-state index in [0.29, 0.717) is 0 Å². The van der Waals surface area contributed by atoms with Crippen LogP contribution in [0.3, 0.4) is 0 Å². The van der Waals surface area contributed by atoms with Crippen molar-refractivity contribution in [1.29, 1.82) is 0 Å². The van der Waals surface area contributed by atoms with E-state index in [2.05, 4.69) is 0 Å². The highest BCUT2D eigenvalue weighted by Crippen LogP contribution is 2.23. The van der Waals surface area contributed by atoms with E-state index < -0.39 is 25.1 Å². The molecule has 1 unspecified atom stereocenters. The quantitative estimate of drug-likeness (QED) is 0.614. The molecule has 1 N–H and O–H groups in total. The van der Waals surface area contributed by atoms with Crippen LogP contribution in [-0.4, -0.2) is 23.8 Å². The van der Waals surface area contributed by atoms with Crippen molar-refractivity contribution in [3.8, 4) is 0 Å². The fourth-order valence-electron chi connectivity index (χ4n) is 0.302. The minimum Gasteiger partial charge on any atom is -0.383 e. The average Bonchev–Trinajstić information content (AvgIpc) is 1.60. The summed E-state index contributed by atoms with van der Waals surface area (Å²) in [5.74, 6) is 0. The topological polar surface area (TPSA) is 20.2 Å². The Kier molecular flexibility index (Phi) is 3.01. The van der Waals surface area contributed by atoms with Crippen LogP contribution < -0.4 is 0 Å². The van der Waals surface area contributed by atoms with E-state index in [4.69, 9.17) is 5.11 Å². The molecule has 0 aromatic heterocycles. The third kappa shape index (κ3) is 3.60.